The second-order valence-electron chi connectivity index (χ2n) is 7.09. The molecule has 3 heteroatoms. The van der Waals surface area contributed by atoms with Crippen LogP contribution in [0.4, 0.5) is 0 Å². The van der Waals surface area contributed by atoms with Crippen LogP contribution >= 0.6 is 0 Å². The van der Waals surface area contributed by atoms with Crippen molar-refractivity contribution in [2.75, 3.05) is 0 Å². The van der Waals surface area contributed by atoms with Crippen molar-refractivity contribution in [3.05, 3.63) is 95.1 Å². The zero-order chi connectivity index (χ0) is 18.6. The van der Waals surface area contributed by atoms with Crippen LogP contribution in [-0.4, -0.2) is 21.8 Å². The molecular weight excluding hydrogens is 324 g/mol. The molecule has 2 aromatic carbocycles. The number of hydrogen-bond donors (Lipinski definition) is 2. The molecule has 2 N–H and O–H groups in total. The lowest BCUT2D eigenvalue weighted by Gasteiger charge is -2.37. The van der Waals surface area contributed by atoms with Crippen LogP contribution in [0.3, 0.4) is 0 Å². The Balaban J connectivity index is 1.93. The number of aliphatic hydroxyl groups is 1. The molecular formula is C23H24O3. The van der Waals surface area contributed by atoms with E-state index in [4.69, 9.17) is 0 Å². The Morgan fingerprint density at radius 3 is 2.04 bits per heavy atom. The van der Waals surface area contributed by atoms with Gasteiger partial charge in [-0.05, 0) is 42.0 Å². The highest BCUT2D eigenvalue weighted by Crippen LogP contribution is 2.37. The first-order valence-corrected chi connectivity index (χ1v) is 8.89. The molecule has 2 unspecified atom stereocenters. The predicted molar refractivity (Wildman–Crippen MR) is 103 cm³/mol. The molecule has 0 aromatic heterocycles. The molecule has 0 heterocycles. The summed E-state index contributed by atoms with van der Waals surface area (Å²) in [6.07, 6.45) is 5.22. The van der Waals surface area contributed by atoms with Crippen molar-refractivity contribution in [2.24, 2.45) is 5.92 Å². The predicted octanol–water partition coefficient (Wildman–Crippen LogP) is 4.18. The first-order valence-electron chi connectivity index (χ1n) is 8.89. The van der Waals surface area contributed by atoms with E-state index in [9.17, 15) is 15.0 Å². The third-order valence-corrected chi connectivity index (χ3v) is 5.03. The molecule has 1 aliphatic rings. The lowest BCUT2D eigenvalue weighted by Crippen LogP contribution is -2.40. The van der Waals surface area contributed by atoms with Crippen LogP contribution in [0.2, 0.25) is 0 Å². The largest absolute Gasteiger partial charge is 0.481 e. The van der Waals surface area contributed by atoms with Gasteiger partial charge in [0.1, 0.15) is 0 Å². The second kappa shape index (κ2) is 7.71. The normalized spacial score (nSPS) is 22.5. The van der Waals surface area contributed by atoms with Crippen molar-refractivity contribution in [1.29, 1.82) is 0 Å². The fourth-order valence-corrected chi connectivity index (χ4v) is 3.51. The third-order valence-electron chi connectivity index (χ3n) is 5.03. The van der Waals surface area contributed by atoms with E-state index in [1.807, 2.05) is 60.7 Å². The Morgan fingerprint density at radius 2 is 1.50 bits per heavy atom. The maximum absolute atomic E-state index is 11.3. The van der Waals surface area contributed by atoms with E-state index in [2.05, 4.69) is 12.1 Å². The van der Waals surface area contributed by atoms with Gasteiger partial charge in [-0.2, -0.15) is 0 Å². The fourth-order valence-electron chi connectivity index (χ4n) is 3.51. The van der Waals surface area contributed by atoms with Gasteiger partial charge in [0.05, 0.1) is 12.0 Å². The first kappa shape index (κ1) is 18.2. The van der Waals surface area contributed by atoms with Crippen LogP contribution in [-0.2, 0) is 17.6 Å². The van der Waals surface area contributed by atoms with E-state index >= 15 is 0 Å². The van der Waals surface area contributed by atoms with E-state index in [-0.39, 0.29) is 6.42 Å². The van der Waals surface area contributed by atoms with E-state index < -0.39 is 17.5 Å². The summed E-state index contributed by atoms with van der Waals surface area (Å²) >= 11 is 0. The molecule has 134 valence electrons. The Hall–Kier alpha value is -2.65. The number of allylic oxidation sites excluding steroid dienone is 2. The SMILES string of the molecule is CC1(O)C(Cc2ccccc2)=CC(Cc2ccccc2)=CC1CC(=O)O. The van der Waals surface area contributed by atoms with E-state index in [1.165, 1.54) is 5.56 Å². The van der Waals surface area contributed by atoms with Crippen molar-refractivity contribution in [2.45, 2.75) is 31.8 Å². The quantitative estimate of drug-likeness (QED) is 0.823. The summed E-state index contributed by atoms with van der Waals surface area (Å²) in [5.74, 6) is -1.34. The molecule has 26 heavy (non-hydrogen) atoms. The molecule has 0 saturated heterocycles. The minimum Gasteiger partial charge on any atom is -0.481 e. The molecule has 1 aliphatic carbocycles. The highest BCUT2D eigenvalue weighted by atomic mass is 16.4. The number of aliphatic carboxylic acids is 1. The summed E-state index contributed by atoms with van der Waals surface area (Å²) in [6.45, 7) is 1.73. The Labute approximate surface area is 154 Å². The highest BCUT2D eigenvalue weighted by Gasteiger charge is 2.38. The number of rotatable bonds is 6. The number of carbonyl (C=O) groups is 1. The number of carboxylic acid groups (broad SMARTS) is 1. The standard InChI is InChI=1S/C23H24O3/c1-23(26)20(13-18-10-6-3-7-11-18)14-19(15-21(23)16-22(24)25)12-17-8-4-2-5-9-17/h2-11,14-15,21,26H,12-13,16H2,1H3,(H,24,25). The molecule has 0 saturated carbocycles. The summed E-state index contributed by atoms with van der Waals surface area (Å²) < 4.78 is 0. The summed E-state index contributed by atoms with van der Waals surface area (Å²) in [5, 5.41) is 20.4. The van der Waals surface area contributed by atoms with Gasteiger partial charge < -0.3 is 10.2 Å². The lowest BCUT2D eigenvalue weighted by atomic mass is 9.73. The molecule has 0 fully saturated rings. The third kappa shape index (κ3) is 4.30. The minimum absolute atomic E-state index is 0.0859. The molecule has 0 radical (unpaired) electrons. The first-order chi connectivity index (χ1) is 12.4. The summed E-state index contributed by atoms with van der Waals surface area (Å²) in [4.78, 5) is 11.3. The maximum atomic E-state index is 11.3. The zero-order valence-electron chi connectivity index (χ0n) is 14.9. The van der Waals surface area contributed by atoms with Gasteiger partial charge in [0.2, 0.25) is 0 Å². The highest BCUT2D eigenvalue weighted by molar-refractivity contribution is 5.68. The van der Waals surface area contributed by atoms with Gasteiger partial charge >= 0.3 is 5.97 Å². The van der Waals surface area contributed by atoms with Crippen LogP contribution < -0.4 is 0 Å². The van der Waals surface area contributed by atoms with Crippen molar-refractivity contribution in [1.82, 2.24) is 0 Å². The van der Waals surface area contributed by atoms with Crippen molar-refractivity contribution in [3.63, 3.8) is 0 Å². The van der Waals surface area contributed by atoms with Crippen molar-refractivity contribution >= 4 is 5.97 Å². The minimum atomic E-state index is -1.17. The van der Waals surface area contributed by atoms with Gasteiger partial charge in [-0.1, -0.05) is 72.8 Å². The van der Waals surface area contributed by atoms with Crippen LogP contribution in [0, 0.1) is 5.92 Å². The van der Waals surface area contributed by atoms with E-state index in [0.29, 0.717) is 6.42 Å². The van der Waals surface area contributed by atoms with Crippen LogP contribution in [0.15, 0.2) is 84.0 Å². The second-order valence-corrected chi connectivity index (χ2v) is 7.09. The summed E-state index contributed by atoms with van der Waals surface area (Å²) in [7, 11) is 0. The topological polar surface area (TPSA) is 57.5 Å². The smallest absolute Gasteiger partial charge is 0.304 e. The Morgan fingerprint density at radius 1 is 0.962 bits per heavy atom. The van der Waals surface area contributed by atoms with Gasteiger partial charge in [-0.3, -0.25) is 4.79 Å². The van der Waals surface area contributed by atoms with Gasteiger partial charge in [-0.15, -0.1) is 0 Å². The average molecular weight is 348 g/mol. The van der Waals surface area contributed by atoms with E-state index in [1.54, 1.807) is 6.92 Å². The Bertz CT molecular complexity index is 817. The van der Waals surface area contributed by atoms with Crippen LogP contribution in [0.5, 0.6) is 0 Å². The van der Waals surface area contributed by atoms with Gasteiger partial charge in [0.15, 0.2) is 0 Å². The molecule has 0 amide bonds. The molecule has 0 aliphatic heterocycles. The van der Waals surface area contributed by atoms with Gasteiger partial charge in [0.25, 0.3) is 0 Å². The molecule has 2 atom stereocenters. The van der Waals surface area contributed by atoms with Crippen LogP contribution in [0.1, 0.15) is 24.5 Å². The number of carboxylic acids is 1. The summed E-state index contributed by atoms with van der Waals surface area (Å²) in [5.41, 5.74) is 3.02. The molecule has 3 rings (SSSR count). The van der Waals surface area contributed by atoms with Crippen molar-refractivity contribution < 1.29 is 15.0 Å². The maximum Gasteiger partial charge on any atom is 0.304 e. The van der Waals surface area contributed by atoms with Gasteiger partial charge in [0, 0.05) is 5.92 Å². The monoisotopic (exact) mass is 348 g/mol. The molecule has 0 spiro atoms. The molecule has 0 bridgehead atoms. The fraction of sp³-hybridized carbons (Fsp3) is 0.261. The average Bonchev–Trinajstić information content (AvgIpc) is 2.61. The van der Waals surface area contributed by atoms with Crippen molar-refractivity contribution in [3.8, 4) is 0 Å². The van der Waals surface area contributed by atoms with Crippen LogP contribution in [0.25, 0.3) is 0 Å². The lowest BCUT2D eigenvalue weighted by molar-refractivity contribution is -0.139. The molecule has 3 nitrogen and oxygen atoms in total. The zero-order valence-corrected chi connectivity index (χ0v) is 14.9. The molecule has 2 aromatic rings. The van der Waals surface area contributed by atoms with Gasteiger partial charge in [-0.25, -0.2) is 0 Å². The summed E-state index contributed by atoms with van der Waals surface area (Å²) in [6, 6.07) is 20.1. The van der Waals surface area contributed by atoms with E-state index in [0.717, 1.165) is 23.1 Å². The number of benzene rings is 2. The Kier molecular flexibility index (Phi) is 5.38. The number of hydrogen-bond acceptors (Lipinski definition) is 2.